The maximum Gasteiger partial charge on any atom is 0.295 e. The van der Waals surface area contributed by atoms with E-state index in [-0.39, 0.29) is 57.7 Å². The normalized spacial score (nSPS) is 11.5. The standard InChI is InChI=1S/C46H34N6O10S2/c53-63(54,55)41-27-33(49-45-47-29-39(59-35-13-5-1-6-14-35)43(51-45)61-37-17-9-3-10-18-37)25-23-31(41)21-22-32-24-26-34(28-42(32)64(56,57)58)50-46-48-30-40(60-36-15-7-2-8-16-36)44(52-46)62-38-19-11-4-12-20-38/h1-30H,(H,47,49,51)(H,48,50,52)(H,53,54,55)(H,56,57,58)/b22-21+. The van der Waals surface area contributed by atoms with Gasteiger partial charge in [-0.15, -0.1) is 0 Å². The maximum absolute atomic E-state index is 12.7. The first-order valence-corrected chi connectivity index (χ1v) is 21.9. The molecule has 0 aliphatic heterocycles. The Morgan fingerprint density at radius 1 is 0.438 bits per heavy atom. The van der Waals surface area contributed by atoms with Crippen LogP contribution in [0, 0.1) is 0 Å². The van der Waals surface area contributed by atoms with Gasteiger partial charge in [0.1, 0.15) is 32.8 Å². The van der Waals surface area contributed by atoms with Crippen molar-refractivity contribution < 1.29 is 44.9 Å². The Morgan fingerprint density at radius 2 is 0.766 bits per heavy atom. The summed E-state index contributed by atoms with van der Waals surface area (Å²) in [6.07, 6.45) is 5.31. The van der Waals surface area contributed by atoms with E-state index in [1.165, 1.54) is 48.8 Å². The Balaban J connectivity index is 1.05. The van der Waals surface area contributed by atoms with Gasteiger partial charge in [0.2, 0.25) is 23.4 Å². The van der Waals surface area contributed by atoms with Gasteiger partial charge in [-0.1, -0.05) is 97.1 Å². The number of rotatable bonds is 16. The van der Waals surface area contributed by atoms with Gasteiger partial charge in [-0.2, -0.15) is 26.8 Å². The van der Waals surface area contributed by atoms with Gasteiger partial charge in [-0.25, -0.2) is 9.97 Å². The molecule has 0 saturated carbocycles. The van der Waals surface area contributed by atoms with Crippen LogP contribution in [0.3, 0.4) is 0 Å². The van der Waals surface area contributed by atoms with Gasteiger partial charge in [-0.3, -0.25) is 9.11 Å². The van der Waals surface area contributed by atoms with Crippen LogP contribution in [-0.4, -0.2) is 45.9 Å². The van der Waals surface area contributed by atoms with Crippen molar-refractivity contribution in [2.24, 2.45) is 0 Å². The molecule has 0 aliphatic rings. The third kappa shape index (κ3) is 11.0. The van der Waals surface area contributed by atoms with E-state index in [1.807, 2.05) is 24.3 Å². The zero-order valence-electron chi connectivity index (χ0n) is 33.1. The molecule has 2 aromatic heterocycles. The quantitative estimate of drug-likeness (QED) is 0.0523. The molecule has 8 rings (SSSR count). The van der Waals surface area contributed by atoms with Crippen molar-refractivity contribution in [3.8, 4) is 46.3 Å². The molecule has 0 saturated heterocycles. The molecule has 0 spiro atoms. The summed E-state index contributed by atoms with van der Waals surface area (Å²) in [6, 6.07) is 43.6. The largest absolute Gasteiger partial charge is 0.450 e. The predicted molar refractivity (Wildman–Crippen MR) is 238 cm³/mol. The van der Waals surface area contributed by atoms with Crippen LogP contribution in [0.25, 0.3) is 12.2 Å². The molecule has 64 heavy (non-hydrogen) atoms. The van der Waals surface area contributed by atoms with Crippen LogP contribution in [-0.2, 0) is 20.2 Å². The number of benzene rings is 6. The number of nitrogens with one attached hydrogen (secondary N) is 2. The Labute approximate surface area is 367 Å². The molecular weight excluding hydrogens is 861 g/mol. The second kappa shape index (κ2) is 18.8. The fraction of sp³-hybridized carbons (Fsp3) is 0. The lowest BCUT2D eigenvalue weighted by Crippen LogP contribution is -2.05. The van der Waals surface area contributed by atoms with Gasteiger partial charge in [0.15, 0.2) is 0 Å². The minimum Gasteiger partial charge on any atom is -0.450 e. The van der Waals surface area contributed by atoms with Gasteiger partial charge in [-0.05, 0) is 83.9 Å². The molecule has 4 N–H and O–H groups in total. The molecule has 0 aliphatic carbocycles. The summed E-state index contributed by atoms with van der Waals surface area (Å²) in [5.74, 6) is 2.48. The van der Waals surface area contributed by atoms with Gasteiger partial charge in [0, 0.05) is 11.4 Å². The van der Waals surface area contributed by atoms with E-state index in [2.05, 4.69) is 30.6 Å². The second-order valence-corrected chi connectivity index (χ2v) is 16.2. The average Bonchev–Trinajstić information content (AvgIpc) is 3.29. The lowest BCUT2D eigenvalue weighted by molar-refractivity contribution is 0.403. The average molecular weight is 895 g/mol. The first kappa shape index (κ1) is 42.5. The molecule has 0 bridgehead atoms. The lowest BCUT2D eigenvalue weighted by atomic mass is 10.1. The van der Waals surface area contributed by atoms with Crippen molar-refractivity contribution in [2.75, 3.05) is 10.6 Å². The zero-order valence-corrected chi connectivity index (χ0v) is 34.7. The number of anilines is 4. The van der Waals surface area contributed by atoms with E-state index in [0.717, 1.165) is 12.1 Å². The van der Waals surface area contributed by atoms with Crippen LogP contribution in [0.15, 0.2) is 180 Å². The summed E-state index contributed by atoms with van der Waals surface area (Å²) in [4.78, 5) is 16.5. The predicted octanol–water partition coefficient (Wildman–Crippen LogP) is 10.6. The molecule has 0 fully saturated rings. The molecule has 320 valence electrons. The summed E-state index contributed by atoms with van der Waals surface area (Å²) in [6.45, 7) is 0. The molecule has 8 aromatic rings. The first-order chi connectivity index (χ1) is 30.9. The highest BCUT2D eigenvalue weighted by Crippen LogP contribution is 2.36. The minimum atomic E-state index is -4.85. The van der Waals surface area contributed by atoms with Gasteiger partial charge in [0.05, 0.1) is 12.4 Å². The third-order valence-corrected chi connectivity index (χ3v) is 10.7. The number of hydrogen-bond donors (Lipinski definition) is 4. The summed E-state index contributed by atoms with van der Waals surface area (Å²) in [7, 11) is -9.71. The molecule has 2 heterocycles. The fourth-order valence-corrected chi connectivity index (χ4v) is 7.35. The zero-order chi connectivity index (χ0) is 44.5. The summed E-state index contributed by atoms with van der Waals surface area (Å²) in [5.41, 5.74) is 0.296. The Kier molecular flexibility index (Phi) is 12.5. The third-order valence-electron chi connectivity index (χ3n) is 8.84. The van der Waals surface area contributed by atoms with Crippen molar-refractivity contribution in [1.82, 2.24) is 19.9 Å². The molecule has 6 aromatic carbocycles. The van der Waals surface area contributed by atoms with Gasteiger partial charge in [0.25, 0.3) is 32.0 Å². The topological polar surface area (TPSA) is 221 Å². The second-order valence-electron chi connectivity index (χ2n) is 13.4. The molecule has 0 atom stereocenters. The Bertz CT molecular complexity index is 2950. The lowest BCUT2D eigenvalue weighted by Gasteiger charge is -2.14. The van der Waals surface area contributed by atoms with Crippen LogP contribution in [0.5, 0.6) is 46.3 Å². The van der Waals surface area contributed by atoms with Crippen molar-refractivity contribution in [3.63, 3.8) is 0 Å². The van der Waals surface area contributed by atoms with Crippen molar-refractivity contribution >= 4 is 55.7 Å². The molecule has 0 radical (unpaired) electrons. The summed E-state index contributed by atoms with van der Waals surface area (Å²) < 4.78 is 95.2. The maximum atomic E-state index is 12.7. The highest BCUT2D eigenvalue weighted by Gasteiger charge is 2.20. The van der Waals surface area contributed by atoms with Crippen molar-refractivity contribution in [1.29, 1.82) is 0 Å². The smallest absolute Gasteiger partial charge is 0.295 e. The number of nitrogens with zero attached hydrogens (tertiary/aromatic N) is 4. The number of aromatic nitrogens is 4. The summed E-state index contributed by atoms with van der Waals surface area (Å²) in [5, 5.41) is 5.83. The minimum absolute atomic E-state index is 0.00391. The molecule has 18 heteroatoms. The van der Waals surface area contributed by atoms with E-state index in [4.69, 9.17) is 18.9 Å². The van der Waals surface area contributed by atoms with Crippen LogP contribution in [0.4, 0.5) is 23.3 Å². The molecule has 16 nitrogen and oxygen atoms in total. The van der Waals surface area contributed by atoms with E-state index in [1.54, 1.807) is 97.1 Å². The first-order valence-electron chi connectivity index (χ1n) is 19.0. The van der Waals surface area contributed by atoms with Gasteiger partial charge < -0.3 is 29.6 Å². The SMILES string of the molecule is O=S(=O)(O)c1cc(Nc2ncc(Oc3ccccc3)c(Oc3ccccc3)n2)ccc1/C=C/c1ccc(Nc2ncc(Oc3ccccc3)c(Oc3ccccc3)n2)cc1S(=O)(=O)O. The number of ether oxygens (including phenoxy) is 4. The number of para-hydroxylation sites is 4. The molecule has 0 amide bonds. The van der Waals surface area contributed by atoms with Gasteiger partial charge >= 0.3 is 0 Å². The van der Waals surface area contributed by atoms with Crippen LogP contribution in [0.1, 0.15) is 11.1 Å². The highest BCUT2D eigenvalue weighted by molar-refractivity contribution is 7.86. The fourth-order valence-electron chi connectivity index (χ4n) is 5.93. The van der Waals surface area contributed by atoms with Crippen LogP contribution in [0.2, 0.25) is 0 Å². The highest BCUT2D eigenvalue weighted by atomic mass is 32.2. The monoisotopic (exact) mass is 894 g/mol. The number of hydrogen-bond acceptors (Lipinski definition) is 14. The van der Waals surface area contributed by atoms with E-state index < -0.39 is 30.0 Å². The van der Waals surface area contributed by atoms with Crippen LogP contribution < -0.4 is 29.6 Å². The summed E-state index contributed by atoms with van der Waals surface area (Å²) >= 11 is 0. The Hall–Kier alpha value is -8.16. The van der Waals surface area contributed by atoms with Crippen molar-refractivity contribution in [3.05, 3.63) is 181 Å². The molecular formula is C46H34N6O10S2. The Morgan fingerprint density at radius 3 is 1.09 bits per heavy atom. The van der Waals surface area contributed by atoms with Crippen LogP contribution >= 0.6 is 0 Å². The molecule has 0 unspecified atom stereocenters. The van der Waals surface area contributed by atoms with E-state index in [0.29, 0.717) is 23.0 Å². The van der Waals surface area contributed by atoms with Crippen molar-refractivity contribution in [2.45, 2.75) is 9.79 Å². The van der Waals surface area contributed by atoms with E-state index in [9.17, 15) is 25.9 Å². The van der Waals surface area contributed by atoms with E-state index >= 15 is 0 Å².